The van der Waals surface area contributed by atoms with E-state index in [1.54, 1.807) is 24.3 Å². The molecule has 1 aliphatic rings. The molecule has 0 saturated heterocycles. The number of nitrogens with one attached hydrogen (secondary N) is 3. The number of hydrogen-bond donors (Lipinski definition) is 3. The summed E-state index contributed by atoms with van der Waals surface area (Å²) >= 11 is 0. The Kier molecular flexibility index (Phi) is 7.75. The van der Waals surface area contributed by atoms with Crippen LogP contribution >= 0.6 is 0 Å². The molecule has 3 amide bonds. The van der Waals surface area contributed by atoms with E-state index in [0.29, 0.717) is 30.3 Å². The molecule has 0 unspecified atom stereocenters. The number of hydrogen-bond acceptors (Lipinski definition) is 5. The number of aromatic nitrogens is 2. The average molecular weight is 428 g/mol. The SMILES string of the molecule is CCCCCn1nc(C(=O)NNC(=O)CCCNC(=O)C2CC2)c2ccccc2c1=O. The van der Waals surface area contributed by atoms with E-state index >= 15 is 0 Å². The third-order valence-corrected chi connectivity index (χ3v) is 5.20. The predicted molar refractivity (Wildman–Crippen MR) is 116 cm³/mol. The summed E-state index contributed by atoms with van der Waals surface area (Å²) < 4.78 is 1.32. The second-order valence-corrected chi connectivity index (χ2v) is 7.80. The standard InChI is InChI=1S/C22H29N5O4/c1-2-3-6-14-27-22(31)17-9-5-4-8-16(17)19(26-27)21(30)25-24-18(28)10-7-13-23-20(29)15-11-12-15/h4-5,8-9,15H,2-3,6-7,10-14H2,1H3,(H,23,29)(H,24,28)(H,25,30). The van der Waals surface area contributed by atoms with Gasteiger partial charge in [0.25, 0.3) is 11.5 Å². The molecule has 9 heteroatoms. The third-order valence-electron chi connectivity index (χ3n) is 5.20. The first-order valence-corrected chi connectivity index (χ1v) is 10.9. The number of rotatable bonds is 10. The number of carbonyl (C=O) groups excluding carboxylic acids is 3. The van der Waals surface area contributed by atoms with Crippen molar-refractivity contribution in [1.29, 1.82) is 0 Å². The van der Waals surface area contributed by atoms with E-state index in [9.17, 15) is 19.2 Å². The Morgan fingerprint density at radius 1 is 1.06 bits per heavy atom. The second kappa shape index (κ2) is 10.7. The summed E-state index contributed by atoms with van der Waals surface area (Å²) in [6, 6.07) is 6.81. The largest absolute Gasteiger partial charge is 0.356 e. The fourth-order valence-electron chi connectivity index (χ4n) is 3.26. The molecule has 0 atom stereocenters. The van der Waals surface area contributed by atoms with Gasteiger partial charge >= 0.3 is 0 Å². The van der Waals surface area contributed by atoms with Crippen molar-refractivity contribution in [3.05, 3.63) is 40.3 Å². The summed E-state index contributed by atoms with van der Waals surface area (Å²) in [5.74, 6) is -0.771. The highest BCUT2D eigenvalue weighted by Crippen LogP contribution is 2.28. The summed E-state index contributed by atoms with van der Waals surface area (Å²) in [6.45, 7) is 2.92. The lowest BCUT2D eigenvalue weighted by Crippen LogP contribution is -2.43. The fourth-order valence-corrected chi connectivity index (χ4v) is 3.26. The number of unbranched alkanes of at least 4 members (excludes halogenated alkanes) is 2. The van der Waals surface area contributed by atoms with Gasteiger partial charge in [0, 0.05) is 30.8 Å². The molecule has 3 N–H and O–H groups in total. The summed E-state index contributed by atoms with van der Waals surface area (Å²) in [5.41, 5.74) is 4.61. The van der Waals surface area contributed by atoms with Crippen molar-refractivity contribution in [3.8, 4) is 0 Å². The first-order chi connectivity index (χ1) is 15.0. The maximum Gasteiger partial charge on any atom is 0.290 e. The van der Waals surface area contributed by atoms with E-state index in [0.717, 1.165) is 32.1 Å². The van der Waals surface area contributed by atoms with Crippen LogP contribution in [0.25, 0.3) is 10.8 Å². The number of aryl methyl sites for hydroxylation is 1. The smallest absolute Gasteiger partial charge is 0.290 e. The molecule has 1 fully saturated rings. The lowest BCUT2D eigenvalue weighted by Gasteiger charge is -2.12. The summed E-state index contributed by atoms with van der Waals surface area (Å²) in [5, 5.41) is 7.91. The number of nitrogens with zero attached hydrogens (tertiary/aromatic N) is 2. The third kappa shape index (κ3) is 6.13. The Hall–Kier alpha value is -3.23. The van der Waals surface area contributed by atoms with Crippen LogP contribution in [0.15, 0.2) is 29.1 Å². The van der Waals surface area contributed by atoms with Gasteiger partial charge in [0.2, 0.25) is 11.8 Å². The zero-order valence-electron chi connectivity index (χ0n) is 17.8. The van der Waals surface area contributed by atoms with Gasteiger partial charge < -0.3 is 5.32 Å². The Morgan fingerprint density at radius 2 is 1.81 bits per heavy atom. The van der Waals surface area contributed by atoms with Gasteiger partial charge in [-0.05, 0) is 31.7 Å². The highest BCUT2D eigenvalue weighted by Gasteiger charge is 2.29. The van der Waals surface area contributed by atoms with Gasteiger partial charge in [0.15, 0.2) is 5.69 Å². The van der Waals surface area contributed by atoms with Crippen LogP contribution in [0.1, 0.15) is 62.4 Å². The quantitative estimate of drug-likeness (QED) is 0.393. The van der Waals surface area contributed by atoms with Gasteiger partial charge in [-0.2, -0.15) is 5.10 Å². The van der Waals surface area contributed by atoms with Crippen molar-refractivity contribution in [2.24, 2.45) is 5.92 Å². The van der Waals surface area contributed by atoms with Crippen molar-refractivity contribution in [3.63, 3.8) is 0 Å². The maximum atomic E-state index is 12.7. The molecule has 1 heterocycles. The van der Waals surface area contributed by atoms with Crippen molar-refractivity contribution in [1.82, 2.24) is 25.9 Å². The van der Waals surface area contributed by atoms with Crippen LogP contribution in [0, 0.1) is 5.92 Å². The molecule has 166 valence electrons. The number of amides is 3. The summed E-state index contributed by atoms with van der Waals surface area (Å²) in [6.07, 6.45) is 5.27. The highest BCUT2D eigenvalue weighted by molar-refractivity contribution is 6.05. The number of fused-ring (bicyclic) bond motifs is 1. The zero-order chi connectivity index (χ0) is 22.2. The van der Waals surface area contributed by atoms with E-state index in [-0.39, 0.29) is 35.4 Å². The monoisotopic (exact) mass is 427 g/mol. The number of carbonyl (C=O) groups is 3. The van der Waals surface area contributed by atoms with Crippen molar-refractivity contribution >= 4 is 28.5 Å². The minimum Gasteiger partial charge on any atom is -0.356 e. The molecule has 31 heavy (non-hydrogen) atoms. The van der Waals surface area contributed by atoms with Gasteiger partial charge in [0.1, 0.15) is 0 Å². The molecule has 1 aromatic carbocycles. The molecule has 9 nitrogen and oxygen atoms in total. The van der Waals surface area contributed by atoms with Gasteiger partial charge in [-0.1, -0.05) is 38.0 Å². The summed E-state index contributed by atoms with van der Waals surface area (Å²) in [7, 11) is 0. The Labute approximate surface area is 180 Å². The maximum absolute atomic E-state index is 12.7. The molecular formula is C22H29N5O4. The second-order valence-electron chi connectivity index (χ2n) is 7.80. The highest BCUT2D eigenvalue weighted by atomic mass is 16.2. The topological polar surface area (TPSA) is 122 Å². The molecule has 0 aliphatic heterocycles. The van der Waals surface area contributed by atoms with E-state index in [2.05, 4.69) is 28.2 Å². The Bertz CT molecular complexity index is 1010. The van der Waals surface area contributed by atoms with Crippen molar-refractivity contribution < 1.29 is 14.4 Å². The zero-order valence-corrected chi connectivity index (χ0v) is 17.8. The minimum atomic E-state index is -0.587. The molecule has 3 rings (SSSR count). The van der Waals surface area contributed by atoms with E-state index in [1.807, 2.05) is 0 Å². The van der Waals surface area contributed by atoms with Gasteiger partial charge in [0.05, 0.1) is 5.39 Å². The van der Waals surface area contributed by atoms with Crippen LogP contribution < -0.4 is 21.7 Å². The van der Waals surface area contributed by atoms with Crippen LogP contribution in [0.5, 0.6) is 0 Å². The fraction of sp³-hybridized carbons (Fsp3) is 0.500. The Balaban J connectivity index is 1.58. The molecule has 0 bridgehead atoms. The van der Waals surface area contributed by atoms with Gasteiger partial charge in [-0.3, -0.25) is 30.0 Å². The van der Waals surface area contributed by atoms with E-state index in [1.165, 1.54) is 4.68 Å². The lowest BCUT2D eigenvalue weighted by atomic mass is 10.1. The average Bonchev–Trinajstić information content (AvgIpc) is 3.62. The molecule has 0 spiro atoms. The molecule has 1 aromatic heterocycles. The lowest BCUT2D eigenvalue weighted by molar-refractivity contribution is -0.123. The van der Waals surface area contributed by atoms with Crippen molar-refractivity contribution in [2.45, 2.75) is 58.4 Å². The normalized spacial score (nSPS) is 13.1. The molecule has 2 aromatic rings. The van der Waals surface area contributed by atoms with Gasteiger partial charge in [-0.15, -0.1) is 0 Å². The van der Waals surface area contributed by atoms with E-state index < -0.39 is 5.91 Å². The van der Waals surface area contributed by atoms with Crippen LogP contribution in [-0.2, 0) is 16.1 Å². The number of hydrazine groups is 1. The molecule has 1 aliphatic carbocycles. The van der Waals surface area contributed by atoms with E-state index in [4.69, 9.17) is 0 Å². The minimum absolute atomic E-state index is 0.0423. The van der Waals surface area contributed by atoms with Gasteiger partial charge in [-0.25, -0.2) is 4.68 Å². The molecule has 1 saturated carbocycles. The number of benzene rings is 1. The summed E-state index contributed by atoms with van der Waals surface area (Å²) in [4.78, 5) is 48.9. The molecular weight excluding hydrogens is 398 g/mol. The van der Waals surface area contributed by atoms with Crippen LogP contribution in [-0.4, -0.2) is 34.0 Å². The Morgan fingerprint density at radius 3 is 2.52 bits per heavy atom. The van der Waals surface area contributed by atoms with Crippen molar-refractivity contribution in [2.75, 3.05) is 6.54 Å². The first-order valence-electron chi connectivity index (χ1n) is 10.9. The predicted octanol–water partition coefficient (Wildman–Crippen LogP) is 1.65. The van der Waals surface area contributed by atoms with Crippen LogP contribution in [0.4, 0.5) is 0 Å². The van der Waals surface area contributed by atoms with Crippen LogP contribution in [0.2, 0.25) is 0 Å². The van der Waals surface area contributed by atoms with Crippen LogP contribution in [0.3, 0.4) is 0 Å². The molecule has 0 radical (unpaired) electrons. The first kappa shape index (κ1) is 22.5.